The van der Waals surface area contributed by atoms with E-state index in [0.717, 1.165) is 6.42 Å². The number of hydrogen-bond donors (Lipinski definition) is 1. The summed E-state index contributed by atoms with van der Waals surface area (Å²) >= 11 is 1.97. The molecule has 0 radical (unpaired) electrons. The fraction of sp³-hybridized carbons (Fsp3) is 0.765. The molecular formula is C17H30N2S. The topological polar surface area (TPSA) is 15.3 Å². The van der Waals surface area contributed by atoms with Crippen molar-refractivity contribution in [2.45, 2.75) is 65.0 Å². The van der Waals surface area contributed by atoms with Gasteiger partial charge in [-0.05, 0) is 64.4 Å². The van der Waals surface area contributed by atoms with Crippen molar-refractivity contribution >= 4 is 11.3 Å². The van der Waals surface area contributed by atoms with E-state index in [1.54, 1.807) is 0 Å². The third-order valence-corrected chi connectivity index (χ3v) is 5.77. The Morgan fingerprint density at radius 2 is 2.05 bits per heavy atom. The lowest BCUT2D eigenvalue weighted by Gasteiger charge is -2.33. The second-order valence-corrected chi connectivity index (χ2v) is 7.22. The van der Waals surface area contributed by atoms with Gasteiger partial charge in [0.2, 0.25) is 0 Å². The van der Waals surface area contributed by atoms with Gasteiger partial charge < -0.3 is 10.2 Å². The molecule has 1 fully saturated rings. The highest BCUT2D eigenvalue weighted by atomic mass is 32.1. The number of rotatable bonds is 7. The minimum atomic E-state index is 0.507. The minimum Gasteiger partial charge on any atom is -0.307 e. The molecule has 1 unspecified atom stereocenters. The SMILES string of the molecule is CCCCN1CCC(NC(C)c2ccc(CC)s2)CC1. The number of aryl methyl sites for hydroxylation is 1. The lowest BCUT2D eigenvalue weighted by Crippen LogP contribution is -2.43. The Hall–Kier alpha value is -0.380. The van der Waals surface area contributed by atoms with Gasteiger partial charge in [0, 0.05) is 21.8 Å². The van der Waals surface area contributed by atoms with Gasteiger partial charge in [-0.1, -0.05) is 20.3 Å². The van der Waals surface area contributed by atoms with Crippen LogP contribution in [-0.4, -0.2) is 30.6 Å². The summed E-state index contributed by atoms with van der Waals surface area (Å²) in [5.74, 6) is 0. The molecule has 0 amide bonds. The van der Waals surface area contributed by atoms with Crippen molar-refractivity contribution in [2.24, 2.45) is 0 Å². The van der Waals surface area contributed by atoms with Crippen molar-refractivity contribution in [3.8, 4) is 0 Å². The molecule has 0 aromatic carbocycles. The van der Waals surface area contributed by atoms with Crippen molar-refractivity contribution in [2.75, 3.05) is 19.6 Å². The van der Waals surface area contributed by atoms with E-state index >= 15 is 0 Å². The third kappa shape index (κ3) is 4.57. The van der Waals surface area contributed by atoms with Crippen molar-refractivity contribution in [1.29, 1.82) is 0 Å². The predicted octanol–water partition coefficient (Wildman–Crippen LogP) is 4.23. The molecule has 0 spiro atoms. The quantitative estimate of drug-likeness (QED) is 0.810. The molecule has 2 heterocycles. The van der Waals surface area contributed by atoms with E-state index in [-0.39, 0.29) is 0 Å². The van der Waals surface area contributed by atoms with E-state index in [0.29, 0.717) is 12.1 Å². The Kier molecular flexibility index (Phi) is 6.53. The first-order valence-corrected chi connectivity index (χ1v) is 9.11. The van der Waals surface area contributed by atoms with Gasteiger partial charge in [-0.3, -0.25) is 0 Å². The molecule has 20 heavy (non-hydrogen) atoms. The minimum absolute atomic E-state index is 0.507. The van der Waals surface area contributed by atoms with Crippen LogP contribution in [0.15, 0.2) is 12.1 Å². The lowest BCUT2D eigenvalue weighted by atomic mass is 10.0. The van der Waals surface area contributed by atoms with E-state index in [1.165, 1.54) is 55.1 Å². The zero-order valence-electron chi connectivity index (χ0n) is 13.3. The van der Waals surface area contributed by atoms with Crippen LogP contribution in [0.4, 0.5) is 0 Å². The fourth-order valence-corrected chi connectivity index (χ4v) is 3.92. The molecule has 2 rings (SSSR count). The van der Waals surface area contributed by atoms with Gasteiger partial charge in [0.15, 0.2) is 0 Å². The molecule has 0 aliphatic carbocycles. The second-order valence-electron chi connectivity index (χ2n) is 6.02. The van der Waals surface area contributed by atoms with Gasteiger partial charge in [0.1, 0.15) is 0 Å². The smallest absolute Gasteiger partial charge is 0.0388 e. The standard InChI is InChI=1S/C17H30N2S/c1-4-6-11-19-12-9-15(10-13-19)18-14(3)17-8-7-16(5-2)20-17/h7-8,14-15,18H,4-6,9-13H2,1-3H3. The third-order valence-electron chi connectivity index (χ3n) is 4.36. The van der Waals surface area contributed by atoms with Crippen molar-refractivity contribution in [3.63, 3.8) is 0 Å². The molecule has 1 aromatic heterocycles. The highest BCUT2D eigenvalue weighted by Gasteiger charge is 2.20. The van der Waals surface area contributed by atoms with Gasteiger partial charge in [0.25, 0.3) is 0 Å². The first-order valence-electron chi connectivity index (χ1n) is 8.30. The van der Waals surface area contributed by atoms with Gasteiger partial charge in [-0.25, -0.2) is 0 Å². The summed E-state index contributed by atoms with van der Waals surface area (Å²) < 4.78 is 0. The molecule has 0 saturated carbocycles. The zero-order chi connectivity index (χ0) is 14.4. The summed E-state index contributed by atoms with van der Waals surface area (Å²) in [5, 5.41) is 3.83. The summed E-state index contributed by atoms with van der Waals surface area (Å²) in [6.07, 6.45) is 6.43. The summed E-state index contributed by atoms with van der Waals surface area (Å²) in [7, 11) is 0. The molecule has 2 nitrogen and oxygen atoms in total. The van der Waals surface area contributed by atoms with Crippen LogP contribution in [0.2, 0.25) is 0 Å². The average Bonchev–Trinajstić information content (AvgIpc) is 2.95. The first-order chi connectivity index (χ1) is 9.72. The second kappa shape index (κ2) is 8.16. The highest BCUT2D eigenvalue weighted by molar-refractivity contribution is 7.12. The van der Waals surface area contributed by atoms with E-state index < -0.39 is 0 Å². The van der Waals surface area contributed by atoms with E-state index in [9.17, 15) is 0 Å². The highest BCUT2D eigenvalue weighted by Crippen LogP contribution is 2.25. The van der Waals surface area contributed by atoms with Crippen LogP contribution in [0.25, 0.3) is 0 Å². The van der Waals surface area contributed by atoms with Crippen LogP contribution in [0.3, 0.4) is 0 Å². The Morgan fingerprint density at radius 3 is 2.65 bits per heavy atom. The summed E-state index contributed by atoms with van der Waals surface area (Å²) in [6.45, 7) is 10.7. The van der Waals surface area contributed by atoms with Crippen LogP contribution < -0.4 is 5.32 Å². The van der Waals surface area contributed by atoms with E-state index in [2.05, 4.69) is 43.1 Å². The van der Waals surface area contributed by atoms with E-state index in [4.69, 9.17) is 0 Å². The summed E-state index contributed by atoms with van der Waals surface area (Å²) in [6, 6.07) is 5.80. The molecule has 1 aliphatic rings. The molecule has 1 atom stereocenters. The maximum atomic E-state index is 3.83. The maximum absolute atomic E-state index is 3.83. The number of likely N-dealkylation sites (tertiary alicyclic amines) is 1. The van der Waals surface area contributed by atoms with Crippen molar-refractivity contribution < 1.29 is 0 Å². The molecule has 1 N–H and O–H groups in total. The largest absolute Gasteiger partial charge is 0.307 e. The van der Waals surface area contributed by atoms with Crippen LogP contribution in [0, 0.1) is 0 Å². The van der Waals surface area contributed by atoms with Gasteiger partial charge in [0.05, 0.1) is 0 Å². The normalized spacial score (nSPS) is 19.4. The number of unbranched alkanes of at least 4 members (excludes halogenated alkanes) is 1. The monoisotopic (exact) mass is 294 g/mol. The van der Waals surface area contributed by atoms with Gasteiger partial charge >= 0.3 is 0 Å². The predicted molar refractivity (Wildman–Crippen MR) is 89.6 cm³/mol. The van der Waals surface area contributed by atoms with Crippen LogP contribution in [0.1, 0.15) is 62.3 Å². The Bertz CT molecular complexity index is 380. The van der Waals surface area contributed by atoms with E-state index in [1.807, 2.05) is 11.3 Å². The number of thiophene rings is 1. The first kappa shape index (κ1) is 16.0. The fourth-order valence-electron chi connectivity index (χ4n) is 2.96. The molecular weight excluding hydrogens is 264 g/mol. The molecule has 3 heteroatoms. The number of piperidine rings is 1. The summed E-state index contributed by atoms with van der Waals surface area (Å²) in [4.78, 5) is 5.63. The Balaban J connectivity index is 1.74. The molecule has 1 aliphatic heterocycles. The maximum Gasteiger partial charge on any atom is 0.0388 e. The number of nitrogens with zero attached hydrogens (tertiary/aromatic N) is 1. The zero-order valence-corrected chi connectivity index (χ0v) is 14.1. The number of hydrogen-bond acceptors (Lipinski definition) is 3. The Morgan fingerprint density at radius 1 is 1.30 bits per heavy atom. The molecule has 1 aromatic rings. The Labute approximate surface area is 128 Å². The van der Waals surface area contributed by atoms with Crippen molar-refractivity contribution in [3.05, 3.63) is 21.9 Å². The molecule has 0 bridgehead atoms. The molecule has 114 valence electrons. The average molecular weight is 295 g/mol. The van der Waals surface area contributed by atoms with Gasteiger partial charge in [-0.15, -0.1) is 11.3 Å². The van der Waals surface area contributed by atoms with Crippen LogP contribution in [-0.2, 0) is 6.42 Å². The number of nitrogens with one attached hydrogen (secondary N) is 1. The molecule has 1 saturated heterocycles. The van der Waals surface area contributed by atoms with Gasteiger partial charge in [-0.2, -0.15) is 0 Å². The van der Waals surface area contributed by atoms with Crippen LogP contribution >= 0.6 is 11.3 Å². The summed E-state index contributed by atoms with van der Waals surface area (Å²) in [5.41, 5.74) is 0. The van der Waals surface area contributed by atoms with Crippen LogP contribution in [0.5, 0.6) is 0 Å². The lowest BCUT2D eigenvalue weighted by molar-refractivity contribution is 0.190. The van der Waals surface area contributed by atoms with Crippen molar-refractivity contribution in [1.82, 2.24) is 10.2 Å².